The molecule has 0 fully saturated rings. The van der Waals surface area contributed by atoms with E-state index >= 15 is 0 Å². The number of nitrogens with one attached hydrogen (secondary N) is 3. The van der Waals surface area contributed by atoms with Crippen LogP contribution < -0.4 is 15.4 Å². The van der Waals surface area contributed by atoms with Crippen LogP contribution in [0.25, 0.3) is 11.4 Å². The fourth-order valence-corrected chi connectivity index (χ4v) is 2.89. The van der Waals surface area contributed by atoms with E-state index in [1.807, 2.05) is 13.8 Å². The fourth-order valence-electron chi connectivity index (χ4n) is 2.89. The van der Waals surface area contributed by atoms with Gasteiger partial charge in [-0.15, -0.1) is 5.10 Å². The zero-order valence-electron chi connectivity index (χ0n) is 17.8. The molecule has 0 aliphatic carbocycles. The van der Waals surface area contributed by atoms with Crippen LogP contribution in [0, 0.1) is 5.82 Å². The molecule has 1 heterocycles. The van der Waals surface area contributed by atoms with Gasteiger partial charge in [-0.25, -0.2) is 14.3 Å². The fraction of sp³-hybridized carbons (Fsp3) is 0.286. The highest BCUT2D eigenvalue weighted by Gasteiger charge is 2.20. The topological polar surface area (TPSA) is 125 Å². The summed E-state index contributed by atoms with van der Waals surface area (Å²) in [4.78, 5) is 26.8. The minimum absolute atomic E-state index is 0.0276. The Labute approximate surface area is 184 Å². The molecule has 0 unspecified atom stereocenters. The van der Waals surface area contributed by atoms with E-state index in [9.17, 15) is 14.0 Å². The SMILES string of the molecule is CCNCCN(CC)C(=O)Oc1ccc(F)cc1C(=O)Nc1ccc(-c2nnn[nH]2)cc1. The van der Waals surface area contributed by atoms with Gasteiger partial charge in [-0.3, -0.25) is 4.79 Å². The van der Waals surface area contributed by atoms with Crippen LogP contribution in [0.1, 0.15) is 24.2 Å². The lowest BCUT2D eigenvalue weighted by Gasteiger charge is -2.21. The molecule has 0 saturated carbocycles. The molecule has 3 rings (SSSR count). The van der Waals surface area contributed by atoms with Crippen molar-refractivity contribution >= 4 is 17.7 Å². The van der Waals surface area contributed by atoms with E-state index in [0.717, 1.165) is 24.2 Å². The lowest BCUT2D eigenvalue weighted by atomic mass is 10.1. The highest BCUT2D eigenvalue weighted by molar-refractivity contribution is 6.06. The summed E-state index contributed by atoms with van der Waals surface area (Å²) in [5.74, 6) is -0.781. The van der Waals surface area contributed by atoms with E-state index in [-0.39, 0.29) is 11.3 Å². The Bertz CT molecular complexity index is 1040. The maximum atomic E-state index is 13.9. The first-order chi connectivity index (χ1) is 15.5. The summed E-state index contributed by atoms with van der Waals surface area (Å²) in [5, 5.41) is 19.3. The zero-order valence-corrected chi connectivity index (χ0v) is 17.8. The Morgan fingerprint density at radius 2 is 1.94 bits per heavy atom. The number of H-pyrrole nitrogens is 1. The molecule has 0 saturated heterocycles. The number of benzene rings is 2. The molecule has 3 N–H and O–H groups in total. The molecule has 168 valence electrons. The number of carbonyl (C=O) groups excluding carboxylic acids is 2. The van der Waals surface area contributed by atoms with Crippen LogP contribution in [0.2, 0.25) is 0 Å². The van der Waals surface area contributed by atoms with Gasteiger partial charge in [0, 0.05) is 30.9 Å². The Hall–Kier alpha value is -3.86. The van der Waals surface area contributed by atoms with Crippen LogP contribution in [-0.4, -0.2) is 63.7 Å². The van der Waals surface area contributed by atoms with Crippen LogP contribution >= 0.6 is 0 Å². The number of rotatable bonds is 9. The molecule has 1 aromatic heterocycles. The number of hydrogen-bond acceptors (Lipinski definition) is 7. The largest absolute Gasteiger partial charge is 0.415 e. The van der Waals surface area contributed by atoms with Gasteiger partial charge >= 0.3 is 6.09 Å². The predicted molar refractivity (Wildman–Crippen MR) is 116 cm³/mol. The molecule has 0 atom stereocenters. The summed E-state index contributed by atoms with van der Waals surface area (Å²) >= 11 is 0. The molecule has 0 bridgehead atoms. The molecule has 11 heteroatoms. The minimum Gasteiger partial charge on any atom is -0.409 e. The molecule has 10 nitrogen and oxygen atoms in total. The van der Waals surface area contributed by atoms with Crippen LogP contribution in [0.5, 0.6) is 5.75 Å². The molecule has 3 aromatic rings. The molecular weight excluding hydrogens is 417 g/mol. The third kappa shape index (κ3) is 5.85. The molecule has 0 radical (unpaired) electrons. The van der Waals surface area contributed by atoms with E-state index in [4.69, 9.17) is 4.74 Å². The van der Waals surface area contributed by atoms with Crippen LogP contribution in [0.15, 0.2) is 42.5 Å². The Morgan fingerprint density at radius 1 is 1.16 bits per heavy atom. The zero-order chi connectivity index (χ0) is 22.9. The van der Waals surface area contributed by atoms with Gasteiger partial charge in [-0.2, -0.15) is 0 Å². The van der Waals surface area contributed by atoms with E-state index in [1.165, 1.54) is 11.0 Å². The molecule has 0 aliphatic rings. The van der Waals surface area contributed by atoms with Gasteiger partial charge in [-0.05, 0) is 66.4 Å². The lowest BCUT2D eigenvalue weighted by Crippen LogP contribution is -2.38. The normalized spacial score (nSPS) is 10.6. The first kappa shape index (κ1) is 22.8. The van der Waals surface area contributed by atoms with Crippen molar-refractivity contribution in [1.29, 1.82) is 0 Å². The number of hydrogen-bond donors (Lipinski definition) is 3. The maximum Gasteiger partial charge on any atom is 0.415 e. The highest BCUT2D eigenvalue weighted by atomic mass is 19.1. The monoisotopic (exact) mass is 441 g/mol. The van der Waals surface area contributed by atoms with E-state index < -0.39 is 17.8 Å². The van der Waals surface area contributed by atoms with Gasteiger partial charge in [0.15, 0.2) is 5.82 Å². The van der Waals surface area contributed by atoms with Crippen LogP contribution in [-0.2, 0) is 0 Å². The van der Waals surface area contributed by atoms with Crippen molar-refractivity contribution in [1.82, 2.24) is 30.8 Å². The number of anilines is 1. The number of amides is 2. The number of ether oxygens (including phenoxy) is 1. The van der Waals surface area contributed by atoms with Crippen molar-refractivity contribution in [3.05, 3.63) is 53.8 Å². The first-order valence-electron chi connectivity index (χ1n) is 10.1. The third-order valence-electron chi connectivity index (χ3n) is 4.59. The molecule has 2 aromatic carbocycles. The summed E-state index contributed by atoms with van der Waals surface area (Å²) in [7, 11) is 0. The average Bonchev–Trinajstić information content (AvgIpc) is 3.33. The Balaban J connectivity index is 1.72. The standard InChI is InChI=1S/C21H24FN7O3/c1-3-23-11-12-29(4-2)21(31)32-18-10-7-15(22)13-17(18)20(30)24-16-8-5-14(6-9-16)19-25-27-28-26-19/h5-10,13,23H,3-4,11-12H2,1-2H3,(H,24,30)(H,25,26,27,28). The van der Waals surface area contributed by atoms with Crippen molar-refractivity contribution in [3.63, 3.8) is 0 Å². The van der Waals surface area contributed by atoms with Crippen molar-refractivity contribution in [2.75, 3.05) is 31.5 Å². The number of aromatic amines is 1. The molecular formula is C21H24FN7O3. The van der Waals surface area contributed by atoms with Crippen molar-refractivity contribution in [2.45, 2.75) is 13.8 Å². The summed E-state index contributed by atoms with van der Waals surface area (Å²) in [6.45, 7) is 6.06. The van der Waals surface area contributed by atoms with Gasteiger partial charge in [-0.1, -0.05) is 6.92 Å². The summed E-state index contributed by atoms with van der Waals surface area (Å²) in [5.41, 5.74) is 1.10. The second kappa shape index (κ2) is 11.0. The molecule has 2 amide bonds. The average molecular weight is 441 g/mol. The van der Waals surface area contributed by atoms with E-state index in [0.29, 0.717) is 31.1 Å². The number of tetrazole rings is 1. The first-order valence-corrected chi connectivity index (χ1v) is 10.1. The number of nitrogens with zero attached hydrogens (tertiary/aromatic N) is 4. The maximum absolute atomic E-state index is 13.9. The predicted octanol–water partition coefficient (Wildman–Crippen LogP) is 2.69. The number of carbonyl (C=O) groups is 2. The molecule has 0 spiro atoms. The summed E-state index contributed by atoms with van der Waals surface area (Å²) in [6.07, 6.45) is -0.615. The number of halogens is 1. The Morgan fingerprint density at radius 3 is 2.59 bits per heavy atom. The quantitative estimate of drug-likeness (QED) is 0.436. The number of aromatic nitrogens is 4. The number of likely N-dealkylation sites (N-methyl/N-ethyl adjacent to an activating group) is 2. The highest BCUT2D eigenvalue weighted by Crippen LogP contribution is 2.23. The van der Waals surface area contributed by atoms with Crippen LogP contribution in [0.3, 0.4) is 0 Å². The second-order valence-corrected chi connectivity index (χ2v) is 6.72. The van der Waals surface area contributed by atoms with Gasteiger partial charge in [0.25, 0.3) is 5.91 Å². The van der Waals surface area contributed by atoms with Crippen molar-refractivity contribution in [3.8, 4) is 17.1 Å². The van der Waals surface area contributed by atoms with Gasteiger partial charge in [0.1, 0.15) is 11.6 Å². The van der Waals surface area contributed by atoms with Gasteiger partial charge in [0.05, 0.1) is 5.56 Å². The Kier molecular flexibility index (Phi) is 7.81. The molecule has 32 heavy (non-hydrogen) atoms. The molecule has 0 aliphatic heterocycles. The van der Waals surface area contributed by atoms with E-state index in [1.54, 1.807) is 24.3 Å². The second-order valence-electron chi connectivity index (χ2n) is 6.72. The smallest absolute Gasteiger partial charge is 0.409 e. The lowest BCUT2D eigenvalue weighted by molar-refractivity contribution is 0.102. The minimum atomic E-state index is -0.623. The summed E-state index contributed by atoms with van der Waals surface area (Å²) in [6, 6.07) is 10.2. The van der Waals surface area contributed by atoms with Gasteiger partial charge < -0.3 is 20.3 Å². The van der Waals surface area contributed by atoms with Crippen molar-refractivity contribution in [2.24, 2.45) is 0 Å². The third-order valence-corrected chi connectivity index (χ3v) is 4.59. The van der Waals surface area contributed by atoms with E-state index in [2.05, 4.69) is 31.3 Å². The summed E-state index contributed by atoms with van der Waals surface area (Å²) < 4.78 is 19.3. The van der Waals surface area contributed by atoms with Gasteiger partial charge in [0.2, 0.25) is 0 Å². The van der Waals surface area contributed by atoms with Crippen molar-refractivity contribution < 1.29 is 18.7 Å². The van der Waals surface area contributed by atoms with Crippen LogP contribution in [0.4, 0.5) is 14.9 Å².